The zero-order valence-corrected chi connectivity index (χ0v) is 32.4. The van der Waals surface area contributed by atoms with Crippen molar-refractivity contribution in [1.82, 2.24) is 26.2 Å². The lowest BCUT2D eigenvalue weighted by Gasteiger charge is -2.36. The summed E-state index contributed by atoms with van der Waals surface area (Å²) in [6.45, 7) is 3.61. The smallest absolute Gasteiger partial charge is 0.326 e. The Labute approximate surface area is 330 Å². The average molecular weight is 803 g/mol. The van der Waals surface area contributed by atoms with Gasteiger partial charge in [0.05, 0.1) is 19.2 Å². The molecule has 0 spiro atoms. The van der Waals surface area contributed by atoms with Gasteiger partial charge in [0.2, 0.25) is 29.5 Å². The van der Waals surface area contributed by atoms with E-state index in [4.69, 9.17) is 33.4 Å². The molecular formula is C36H58N12O9. The van der Waals surface area contributed by atoms with Crippen molar-refractivity contribution >= 4 is 47.4 Å². The number of likely N-dealkylation sites (tertiary alicyclic amines) is 1. The second-order valence-corrected chi connectivity index (χ2v) is 14.6. The van der Waals surface area contributed by atoms with Crippen molar-refractivity contribution in [3.63, 3.8) is 0 Å². The summed E-state index contributed by atoms with van der Waals surface area (Å²) >= 11 is 0. The fourth-order valence-electron chi connectivity index (χ4n) is 6.81. The normalized spacial score (nSPS) is 20.5. The maximum absolute atomic E-state index is 14.3. The van der Waals surface area contributed by atoms with Gasteiger partial charge in [-0.05, 0) is 68.6 Å². The highest BCUT2D eigenvalue weighted by atomic mass is 16.5. The fraction of sp³-hybridized carbons (Fsp3) is 0.611. The van der Waals surface area contributed by atoms with Gasteiger partial charge in [0, 0.05) is 26.1 Å². The van der Waals surface area contributed by atoms with E-state index in [0.29, 0.717) is 24.8 Å². The molecule has 0 unspecified atom stereocenters. The zero-order valence-electron chi connectivity index (χ0n) is 32.4. The highest BCUT2D eigenvalue weighted by molar-refractivity contribution is 5.98. The first kappa shape index (κ1) is 45.7. The summed E-state index contributed by atoms with van der Waals surface area (Å²) in [7, 11) is 0. The van der Waals surface area contributed by atoms with Crippen molar-refractivity contribution in [3.8, 4) is 5.75 Å². The summed E-state index contributed by atoms with van der Waals surface area (Å²) in [5.41, 5.74) is 26.4. The Morgan fingerprint density at radius 2 is 1.58 bits per heavy atom. The van der Waals surface area contributed by atoms with Gasteiger partial charge in [-0.3, -0.25) is 34.0 Å². The first-order valence-electron chi connectivity index (χ1n) is 18.9. The second-order valence-electron chi connectivity index (χ2n) is 14.6. The molecular weight excluding hydrogens is 744 g/mol. The Kier molecular flexibility index (Phi) is 17.3. The van der Waals surface area contributed by atoms with E-state index >= 15 is 0 Å². The van der Waals surface area contributed by atoms with Crippen LogP contribution in [0.3, 0.4) is 0 Å². The summed E-state index contributed by atoms with van der Waals surface area (Å²) in [4.78, 5) is 89.6. The number of carboxylic acid groups (broad SMARTS) is 1. The Morgan fingerprint density at radius 1 is 0.947 bits per heavy atom. The van der Waals surface area contributed by atoms with Crippen molar-refractivity contribution in [2.75, 3.05) is 32.8 Å². The lowest BCUT2D eigenvalue weighted by molar-refractivity contribution is -0.144. The van der Waals surface area contributed by atoms with Gasteiger partial charge in [0.25, 0.3) is 0 Å². The second kappa shape index (κ2) is 21.6. The fourth-order valence-corrected chi connectivity index (χ4v) is 6.81. The quantitative estimate of drug-likeness (QED) is 0.0344. The van der Waals surface area contributed by atoms with Crippen molar-refractivity contribution in [1.29, 1.82) is 0 Å². The van der Waals surface area contributed by atoms with Crippen LogP contribution >= 0.6 is 0 Å². The molecule has 1 aromatic rings. The summed E-state index contributed by atoms with van der Waals surface area (Å²) < 4.78 is 6.00. The Balaban J connectivity index is 1.85. The van der Waals surface area contributed by atoms with E-state index in [-0.39, 0.29) is 81.9 Å². The predicted octanol–water partition coefficient (Wildman–Crippen LogP) is -2.65. The van der Waals surface area contributed by atoms with Crippen LogP contribution in [0.25, 0.3) is 0 Å². The van der Waals surface area contributed by atoms with Crippen LogP contribution in [0.5, 0.6) is 5.75 Å². The molecule has 2 saturated heterocycles. The molecule has 21 heteroatoms. The molecule has 2 aliphatic heterocycles. The number of nitrogens with two attached hydrogens (primary N) is 5. The number of aromatic hydroxyl groups is 1. The molecule has 0 radical (unpaired) electrons. The summed E-state index contributed by atoms with van der Waals surface area (Å²) in [5.74, 6) is -4.92. The Hall–Kier alpha value is -5.70. The van der Waals surface area contributed by atoms with Crippen LogP contribution in [-0.2, 0) is 33.5 Å². The molecule has 57 heavy (non-hydrogen) atoms. The number of hydrogen-bond acceptors (Lipinski definition) is 11. The molecule has 0 aromatic heterocycles. The van der Waals surface area contributed by atoms with Crippen molar-refractivity contribution in [2.45, 2.75) is 101 Å². The van der Waals surface area contributed by atoms with Crippen LogP contribution in [0.2, 0.25) is 0 Å². The number of carboxylic acids is 1. The van der Waals surface area contributed by atoms with Gasteiger partial charge < -0.3 is 69.8 Å². The van der Waals surface area contributed by atoms with Crippen LogP contribution in [0.1, 0.15) is 76.9 Å². The topological polar surface area (TPSA) is 358 Å². The standard InChI is InChI=1S/C36H58N12O9/c1-20(2)18-25(32(54)55)45-27(50)19-44-33(56)36(13-17-57-28(36)21-9-11-22(49)12-10-21)47-30(52)26-8-5-16-48(26)31(53)24(7-4-15-43-35(40)41)46-29(51)23(37)6-3-14-42-34(38)39/h9-12,20,23-26,28,49H,3-8,13-19,37H2,1-2H3,(H,44,56)(H,45,50)(H,46,51)(H,47,52)(H,54,55)(H4,38,39,42)(H4,40,41,43)/t23-,24-,25-,26-,28-,36+/m0/s1. The Morgan fingerprint density at radius 3 is 2.18 bits per heavy atom. The summed E-state index contributed by atoms with van der Waals surface area (Å²) in [5, 5.41) is 30.0. The lowest BCUT2D eigenvalue weighted by Crippen LogP contribution is -2.64. The highest BCUT2D eigenvalue weighted by Gasteiger charge is 2.53. The number of nitrogens with one attached hydrogen (secondary N) is 4. The summed E-state index contributed by atoms with van der Waals surface area (Å²) in [6.07, 6.45) is 0.740. The molecule has 316 valence electrons. The Bertz CT molecular complexity index is 1630. The molecule has 2 aliphatic rings. The zero-order chi connectivity index (χ0) is 42.3. The number of phenolic OH excluding ortho intramolecular Hbond substituents is 1. The molecule has 6 atom stereocenters. The number of benzene rings is 1. The van der Waals surface area contributed by atoms with E-state index in [2.05, 4.69) is 31.3 Å². The van der Waals surface area contributed by atoms with E-state index < -0.39 is 77.9 Å². The van der Waals surface area contributed by atoms with Crippen LogP contribution in [-0.4, -0.2) is 125 Å². The molecule has 1 aromatic carbocycles. The molecule has 0 aliphatic carbocycles. The SMILES string of the molecule is CC(C)C[C@H](NC(=O)CNC(=O)[C@@]1(NC(=O)[C@@H]2CCCN2C(=O)[C@H](CCCN=C(N)N)NC(=O)[C@@H](N)CCCN=C(N)N)CCO[C@H]1c1ccc(O)cc1)C(=O)O. The average Bonchev–Trinajstić information content (AvgIpc) is 3.81. The molecule has 0 saturated carbocycles. The third-order valence-electron chi connectivity index (χ3n) is 9.63. The van der Waals surface area contributed by atoms with Gasteiger partial charge in [-0.1, -0.05) is 26.0 Å². The van der Waals surface area contributed by atoms with Gasteiger partial charge >= 0.3 is 5.97 Å². The predicted molar refractivity (Wildman–Crippen MR) is 209 cm³/mol. The number of phenols is 1. The number of hydrogen-bond donors (Lipinski definition) is 11. The third kappa shape index (κ3) is 13.5. The van der Waals surface area contributed by atoms with E-state index in [1.54, 1.807) is 13.8 Å². The molecule has 0 bridgehead atoms. The van der Waals surface area contributed by atoms with Crippen molar-refractivity contribution in [2.24, 2.45) is 44.6 Å². The van der Waals surface area contributed by atoms with Gasteiger partial charge in [-0.2, -0.15) is 0 Å². The maximum atomic E-state index is 14.3. The number of guanidine groups is 2. The van der Waals surface area contributed by atoms with Gasteiger partial charge in [0.1, 0.15) is 30.0 Å². The molecule has 21 nitrogen and oxygen atoms in total. The molecule has 16 N–H and O–H groups in total. The van der Waals surface area contributed by atoms with Crippen LogP contribution in [0.15, 0.2) is 34.3 Å². The number of carbonyl (C=O) groups excluding carboxylic acids is 5. The number of carbonyl (C=O) groups is 6. The molecule has 3 rings (SSSR count). The number of aliphatic carboxylic acids is 1. The number of aliphatic imine (C=N–C) groups is 2. The number of rotatable bonds is 21. The first-order valence-corrected chi connectivity index (χ1v) is 18.9. The van der Waals surface area contributed by atoms with Crippen LogP contribution in [0.4, 0.5) is 0 Å². The van der Waals surface area contributed by atoms with E-state index in [0.717, 1.165) is 0 Å². The first-order chi connectivity index (χ1) is 26.9. The lowest BCUT2D eigenvalue weighted by atomic mass is 9.85. The van der Waals surface area contributed by atoms with Crippen molar-refractivity contribution < 1.29 is 43.7 Å². The minimum atomic E-state index is -1.80. The van der Waals surface area contributed by atoms with Crippen LogP contribution < -0.4 is 49.9 Å². The number of amides is 5. The van der Waals surface area contributed by atoms with Crippen molar-refractivity contribution in [3.05, 3.63) is 29.8 Å². The molecule has 2 heterocycles. The molecule has 2 fully saturated rings. The van der Waals surface area contributed by atoms with E-state index in [1.807, 2.05) is 0 Å². The van der Waals surface area contributed by atoms with Gasteiger partial charge in [0.15, 0.2) is 17.5 Å². The van der Waals surface area contributed by atoms with E-state index in [1.165, 1.54) is 29.2 Å². The minimum absolute atomic E-state index is 0.0182. The highest BCUT2D eigenvalue weighted by Crippen LogP contribution is 2.39. The monoisotopic (exact) mass is 802 g/mol. The number of nitrogens with zero attached hydrogens (tertiary/aromatic N) is 3. The third-order valence-corrected chi connectivity index (χ3v) is 9.63. The summed E-state index contributed by atoms with van der Waals surface area (Å²) in [6, 6.07) is 1.50. The number of ether oxygens (including phenoxy) is 1. The van der Waals surface area contributed by atoms with Crippen LogP contribution in [0, 0.1) is 5.92 Å². The van der Waals surface area contributed by atoms with Gasteiger partial charge in [-0.25, -0.2) is 4.79 Å². The van der Waals surface area contributed by atoms with Gasteiger partial charge in [-0.15, -0.1) is 0 Å². The minimum Gasteiger partial charge on any atom is -0.508 e. The van der Waals surface area contributed by atoms with E-state index in [9.17, 15) is 39.0 Å². The molecule has 5 amide bonds. The largest absolute Gasteiger partial charge is 0.508 e. The maximum Gasteiger partial charge on any atom is 0.326 e.